The second kappa shape index (κ2) is 4.53. The Balaban J connectivity index is 2.56. The number of aromatic nitrogens is 1. The van der Waals surface area contributed by atoms with Crippen LogP contribution >= 0.6 is 0 Å². The molecule has 1 atom stereocenters. The molecule has 0 fully saturated rings. The number of hydrogen-bond acceptors (Lipinski definition) is 2. The van der Waals surface area contributed by atoms with Gasteiger partial charge >= 0.3 is 6.18 Å². The zero-order chi connectivity index (χ0) is 13.3. The van der Waals surface area contributed by atoms with E-state index in [2.05, 4.69) is 4.98 Å². The molecule has 0 spiro atoms. The summed E-state index contributed by atoms with van der Waals surface area (Å²) in [5, 5.41) is 0.488. The maximum absolute atomic E-state index is 12.9. The topological polar surface area (TPSA) is 51.0 Å². The summed E-state index contributed by atoms with van der Waals surface area (Å²) in [4.78, 5) is 2.82. The maximum Gasteiger partial charge on any atom is 0.397 e. The Morgan fingerprint density at radius 3 is 2.67 bits per heavy atom. The molecule has 2 aromatic rings. The van der Waals surface area contributed by atoms with Crippen LogP contribution in [-0.4, -0.2) is 24.8 Å². The molecule has 0 aliphatic rings. The fourth-order valence-corrected chi connectivity index (χ4v) is 1.97. The molecule has 0 aliphatic heterocycles. The van der Waals surface area contributed by atoms with Crippen molar-refractivity contribution in [3.05, 3.63) is 30.0 Å². The van der Waals surface area contributed by atoms with E-state index in [4.69, 9.17) is 10.5 Å². The molecule has 0 bridgehead atoms. The summed E-state index contributed by atoms with van der Waals surface area (Å²) in [5.74, 6) is -1.15. The highest BCUT2D eigenvalue weighted by Crippen LogP contribution is 2.38. The summed E-state index contributed by atoms with van der Waals surface area (Å²) in [6, 6.07) is 4.95. The van der Waals surface area contributed by atoms with Crippen molar-refractivity contribution in [1.82, 2.24) is 4.98 Å². The Bertz CT molecular complexity index is 548. The molecule has 0 aliphatic carbocycles. The van der Waals surface area contributed by atoms with Crippen LogP contribution in [-0.2, 0) is 0 Å². The van der Waals surface area contributed by atoms with Gasteiger partial charge in [-0.25, -0.2) is 0 Å². The highest BCUT2D eigenvalue weighted by atomic mass is 19.4. The molecule has 6 heteroatoms. The Hall–Kier alpha value is -1.69. The fourth-order valence-electron chi connectivity index (χ4n) is 1.97. The molecular weight excluding hydrogens is 245 g/mol. The van der Waals surface area contributed by atoms with Crippen molar-refractivity contribution in [3.63, 3.8) is 0 Å². The first-order chi connectivity index (χ1) is 8.47. The minimum atomic E-state index is -4.35. The van der Waals surface area contributed by atoms with Crippen LogP contribution < -0.4 is 10.5 Å². The van der Waals surface area contributed by atoms with Gasteiger partial charge in [0.1, 0.15) is 5.75 Å². The molecule has 3 nitrogen and oxygen atoms in total. The Kier molecular flexibility index (Phi) is 3.21. The molecule has 2 rings (SSSR count). The summed E-state index contributed by atoms with van der Waals surface area (Å²) in [6.07, 6.45) is -3.00. The van der Waals surface area contributed by atoms with E-state index in [0.717, 1.165) is 0 Å². The predicted octanol–water partition coefficient (Wildman–Crippen LogP) is 2.78. The predicted molar refractivity (Wildman–Crippen MR) is 62.7 cm³/mol. The summed E-state index contributed by atoms with van der Waals surface area (Å²) >= 11 is 0. The van der Waals surface area contributed by atoms with E-state index >= 15 is 0 Å². The minimum absolute atomic E-state index is 0.152. The quantitative estimate of drug-likeness (QED) is 0.889. The summed E-state index contributed by atoms with van der Waals surface area (Å²) in [7, 11) is 1.47. The third kappa shape index (κ3) is 2.15. The number of ether oxygens (including phenoxy) is 1. The lowest BCUT2D eigenvalue weighted by atomic mass is 9.98. The number of fused-ring (bicyclic) bond motifs is 1. The second-order valence-corrected chi connectivity index (χ2v) is 3.99. The minimum Gasteiger partial charge on any atom is -0.497 e. The van der Waals surface area contributed by atoms with Crippen LogP contribution in [0.3, 0.4) is 0 Å². The van der Waals surface area contributed by atoms with E-state index in [1.54, 1.807) is 18.2 Å². The molecule has 0 amide bonds. The van der Waals surface area contributed by atoms with Crippen LogP contribution in [0.2, 0.25) is 0 Å². The van der Waals surface area contributed by atoms with Crippen LogP contribution in [0.5, 0.6) is 5.75 Å². The highest BCUT2D eigenvalue weighted by Gasteiger charge is 2.40. The van der Waals surface area contributed by atoms with E-state index < -0.39 is 18.6 Å². The number of halogens is 3. The number of alkyl halides is 3. The number of nitrogens with one attached hydrogen (secondary N) is 1. The van der Waals surface area contributed by atoms with Crippen molar-refractivity contribution in [2.45, 2.75) is 12.1 Å². The Morgan fingerprint density at radius 1 is 1.39 bits per heavy atom. The molecule has 0 saturated heterocycles. The van der Waals surface area contributed by atoms with Gasteiger partial charge in [-0.1, -0.05) is 0 Å². The number of nitrogens with two attached hydrogens (primary N) is 1. The van der Waals surface area contributed by atoms with Crippen molar-refractivity contribution in [2.75, 3.05) is 13.7 Å². The fraction of sp³-hybridized carbons (Fsp3) is 0.333. The summed E-state index contributed by atoms with van der Waals surface area (Å²) < 4.78 is 43.6. The van der Waals surface area contributed by atoms with Crippen LogP contribution in [0.4, 0.5) is 13.2 Å². The average molecular weight is 258 g/mol. The van der Waals surface area contributed by atoms with Gasteiger partial charge in [-0.3, -0.25) is 0 Å². The molecule has 1 heterocycles. The van der Waals surface area contributed by atoms with Crippen LogP contribution in [0.15, 0.2) is 24.4 Å². The van der Waals surface area contributed by atoms with Gasteiger partial charge in [-0.05, 0) is 23.8 Å². The maximum atomic E-state index is 12.9. The molecule has 0 saturated carbocycles. The van der Waals surface area contributed by atoms with Gasteiger partial charge in [-0.2, -0.15) is 13.2 Å². The van der Waals surface area contributed by atoms with Gasteiger partial charge in [0.15, 0.2) is 0 Å². The molecule has 18 heavy (non-hydrogen) atoms. The van der Waals surface area contributed by atoms with Crippen molar-refractivity contribution in [1.29, 1.82) is 0 Å². The van der Waals surface area contributed by atoms with Gasteiger partial charge in [-0.15, -0.1) is 0 Å². The van der Waals surface area contributed by atoms with Crippen LogP contribution in [0.1, 0.15) is 11.5 Å². The van der Waals surface area contributed by atoms with Crippen molar-refractivity contribution in [3.8, 4) is 5.75 Å². The normalized spacial score (nSPS) is 13.8. The van der Waals surface area contributed by atoms with Gasteiger partial charge in [0.25, 0.3) is 0 Å². The van der Waals surface area contributed by atoms with E-state index in [-0.39, 0.29) is 5.56 Å². The lowest BCUT2D eigenvalue weighted by Crippen LogP contribution is -2.27. The largest absolute Gasteiger partial charge is 0.497 e. The molecule has 0 radical (unpaired) electrons. The monoisotopic (exact) mass is 258 g/mol. The SMILES string of the molecule is COc1ccc2[nH]cc([C@H](CN)C(F)(F)F)c2c1. The number of hydrogen-bond donors (Lipinski definition) is 2. The lowest BCUT2D eigenvalue weighted by Gasteiger charge is -2.17. The molecule has 3 N–H and O–H groups in total. The van der Waals surface area contributed by atoms with Crippen molar-refractivity contribution in [2.24, 2.45) is 5.73 Å². The van der Waals surface area contributed by atoms with Gasteiger partial charge in [0.05, 0.1) is 13.0 Å². The molecule has 1 aromatic carbocycles. The highest BCUT2D eigenvalue weighted by molar-refractivity contribution is 5.85. The number of methoxy groups -OCH3 is 1. The van der Waals surface area contributed by atoms with E-state index in [0.29, 0.717) is 16.7 Å². The van der Waals surface area contributed by atoms with Gasteiger partial charge in [0, 0.05) is 23.6 Å². The molecular formula is C12H13F3N2O. The zero-order valence-electron chi connectivity index (χ0n) is 9.71. The van der Waals surface area contributed by atoms with E-state index in [1.165, 1.54) is 13.3 Å². The van der Waals surface area contributed by atoms with Crippen molar-refractivity contribution < 1.29 is 17.9 Å². The Morgan fingerprint density at radius 2 is 2.11 bits per heavy atom. The van der Waals surface area contributed by atoms with E-state index in [1.807, 2.05) is 0 Å². The smallest absolute Gasteiger partial charge is 0.397 e. The lowest BCUT2D eigenvalue weighted by molar-refractivity contribution is -0.147. The number of rotatable bonds is 3. The second-order valence-electron chi connectivity index (χ2n) is 3.99. The summed E-state index contributed by atoms with van der Waals surface area (Å²) in [5.41, 5.74) is 6.03. The first-order valence-electron chi connectivity index (χ1n) is 5.39. The molecule has 1 aromatic heterocycles. The number of benzene rings is 1. The van der Waals surface area contributed by atoms with E-state index in [9.17, 15) is 13.2 Å². The number of aromatic amines is 1. The number of H-pyrrole nitrogens is 1. The van der Waals surface area contributed by atoms with Gasteiger partial charge in [0.2, 0.25) is 0 Å². The zero-order valence-corrected chi connectivity index (χ0v) is 9.71. The Labute approximate surface area is 102 Å². The molecule has 98 valence electrons. The third-order valence-corrected chi connectivity index (χ3v) is 2.93. The van der Waals surface area contributed by atoms with Crippen LogP contribution in [0.25, 0.3) is 10.9 Å². The summed E-state index contributed by atoms with van der Waals surface area (Å²) in [6.45, 7) is -0.479. The average Bonchev–Trinajstić information content (AvgIpc) is 2.71. The van der Waals surface area contributed by atoms with Gasteiger partial charge < -0.3 is 15.5 Å². The first-order valence-corrected chi connectivity index (χ1v) is 5.39. The standard InChI is InChI=1S/C12H13F3N2O/c1-18-7-2-3-11-8(4-7)9(6-17-11)10(5-16)12(13,14)15/h2-4,6,10,17H,5,16H2,1H3/t10-/m0/s1. The van der Waals surface area contributed by atoms with Crippen molar-refractivity contribution >= 4 is 10.9 Å². The van der Waals surface area contributed by atoms with Crippen LogP contribution in [0, 0.1) is 0 Å². The third-order valence-electron chi connectivity index (χ3n) is 2.93. The first kappa shape index (κ1) is 12.8. The molecule has 0 unspecified atom stereocenters.